The van der Waals surface area contributed by atoms with E-state index < -0.39 is 25.0 Å². The number of urea groups is 1. The molecule has 0 aliphatic heterocycles. The largest absolute Gasteiger partial charge is 0.478 e. The highest BCUT2D eigenvalue weighted by Gasteiger charge is 2.09. The third-order valence-corrected chi connectivity index (χ3v) is 2.90. The molecule has 0 heterocycles. The minimum absolute atomic E-state index is 0.0309. The molecule has 0 saturated carbocycles. The summed E-state index contributed by atoms with van der Waals surface area (Å²) in [6, 6.07) is 3.57. The summed E-state index contributed by atoms with van der Waals surface area (Å²) in [5, 5.41) is 13.7. The van der Waals surface area contributed by atoms with Crippen LogP contribution in [0, 0.1) is 0 Å². The van der Waals surface area contributed by atoms with Gasteiger partial charge in [0.15, 0.2) is 0 Å². The minimum Gasteiger partial charge on any atom is -0.478 e. The number of ether oxygens (including phenoxy) is 1. The summed E-state index contributed by atoms with van der Waals surface area (Å²) < 4.78 is 28.5. The Labute approximate surface area is 127 Å². The third kappa shape index (κ3) is 6.50. The molecule has 1 aromatic rings. The highest BCUT2D eigenvalue weighted by atomic mass is 79.9. The van der Waals surface area contributed by atoms with Crippen LogP contribution >= 0.6 is 15.9 Å². The first-order valence-electron chi connectivity index (χ1n) is 5.83. The van der Waals surface area contributed by atoms with Crippen LogP contribution < -0.4 is 10.6 Å². The summed E-state index contributed by atoms with van der Waals surface area (Å²) in [6.45, 7) is -0.633. The molecule has 116 valence electrons. The van der Waals surface area contributed by atoms with E-state index >= 15 is 0 Å². The minimum atomic E-state index is -2.54. The zero-order chi connectivity index (χ0) is 15.8. The Morgan fingerprint density at radius 1 is 1.38 bits per heavy atom. The van der Waals surface area contributed by atoms with Gasteiger partial charge in [0.1, 0.15) is 6.61 Å². The van der Waals surface area contributed by atoms with E-state index in [0.717, 1.165) is 0 Å². The van der Waals surface area contributed by atoms with Gasteiger partial charge in [-0.05, 0) is 34.1 Å². The van der Waals surface area contributed by atoms with E-state index in [4.69, 9.17) is 5.11 Å². The van der Waals surface area contributed by atoms with Gasteiger partial charge < -0.3 is 20.5 Å². The van der Waals surface area contributed by atoms with Gasteiger partial charge >= 0.3 is 12.0 Å². The number of anilines is 1. The average Bonchev–Trinajstić information content (AvgIpc) is 2.40. The number of halogens is 3. The number of carbonyl (C=O) groups is 2. The van der Waals surface area contributed by atoms with E-state index in [0.29, 0.717) is 10.2 Å². The van der Waals surface area contributed by atoms with Crippen LogP contribution in [0.15, 0.2) is 22.7 Å². The van der Waals surface area contributed by atoms with Gasteiger partial charge in [-0.3, -0.25) is 0 Å². The zero-order valence-electron chi connectivity index (χ0n) is 10.7. The fourth-order valence-corrected chi connectivity index (χ4v) is 1.80. The second-order valence-corrected chi connectivity index (χ2v) is 4.70. The van der Waals surface area contributed by atoms with Crippen LogP contribution in [0.3, 0.4) is 0 Å². The predicted molar refractivity (Wildman–Crippen MR) is 74.9 cm³/mol. The van der Waals surface area contributed by atoms with Crippen molar-refractivity contribution in [3.63, 3.8) is 0 Å². The normalized spacial score (nSPS) is 10.5. The first-order valence-corrected chi connectivity index (χ1v) is 6.63. The molecule has 0 radical (unpaired) electrons. The highest BCUT2D eigenvalue weighted by Crippen LogP contribution is 2.23. The van der Waals surface area contributed by atoms with E-state index in [1.165, 1.54) is 18.2 Å². The van der Waals surface area contributed by atoms with Crippen LogP contribution in [0.25, 0.3) is 0 Å². The fourth-order valence-electron chi connectivity index (χ4n) is 1.33. The standard InChI is InChI=1S/C12H13BrF2N2O4/c13-8-5-7(11(18)19)1-2-9(8)17-12(20)16-3-4-21-6-10(14)15/h1-2,5,10H,3-4,6H2,(H,18,19)(H2,16,17,20). The lowest BCUT2D eigenvalue weighted by Crippen LogP contribution is -2.32. The van der Waals surface area contributed by atoms with Crippen molar-refractivity contribution in [3.8, 4) is 0 Å². The lowest BCUT2D eigenvalue weighted by atomic mass is 10.2. The maximum absolute atomic E-state index is 11.8. The quantitative estimate of drug-likeness (QED) is 0.647. The van der Waals surface area contributed by atoms with Gasteiger partial charge in [-0.1, -0.05) is 0 Å². The van der Waals surface area contributed by atoms with Crippen molar-refractivity contribution < 1.29 is 28.2 Å². The van der Waals surface area contributed by atoms with E-state index in [9.17, 15) is 18.4 Å². The molecular weight excluding hydrogens is 354 g/mol. The number of amides is 2. The van der Waals surface area contributed by atoms with Gasteiger partial charge in [0, 0.05) is 11.0 Å². The summed E-state index contributed by atoms with van der Waals surface area (Å²) in [5.41, 5.74) is 0.458. The van der Waals surface area contributed by atoms with E-state index in [-0.39, 0.29) is 18.7 Å². The van der Waals surface area contributed by atoms with Crippen LogP contribution in [-0.4, -0.2) is 43.3 Å². The number of rotatable bonds is 7. The van der Waals surface area contributed by atoms with Crippen molar-refractivity contribution in [1.29, 1.82) is 0 Å². The van der Waals surface area contributed by atoms with Gasteiger partial charge in [-0.25, -0.2) is 18.4 Å². The third-order valence-electron chi connectivity index (χ3n) is 2.24. The Bertz CT molecular complexity index is 514. The molecule has 1 rings (SSSR count). The molecule has 0 aromatic heterocycles. The molecule has 2 amide bonds. The molecule has 0 aliphatic carbocycles. The Morgan fingerprint density at radius 3 is 2.67 bits per heavy atom. The fraction of sp³-hybridized carbons (Fsp3) is 0.333. The number of hydrogen-bond acceptors (Lipinski definition) is 3. The molecule has 0 aliphatic rings. The van der Waals surface area contributed by atoms with E-state index in [1.54, 1.807) is 0 Å². The molecular formula is C12H13BrF2N2O4. The monoisotopic (exact) mass is 366 g/mol. The molecule has 21 heavy (non-hydrogen) atoms. The lowest BCUT2D eigenvalue weighted by Gasteiger charge is -2.10. The Hall–Kier alpha value is -1.74. The highest BCUT2D eigenvalue weighted by molar-refractivity contribution is 9.10. The van der Waals surface area contributed by atoms with Gasteiger partial charge in [0.05, 0.1) is 17.9 Å². The molecule has 0 spiro atoms. The van der Waals surface area contributed by atoms with Crippen molar-refractivity contribution in [2.45, 2.75) is 6.43 Å². The number of alkyl halides is 2. The summed E-state index contributed by atoms with van der Waals surface area (Å²) in [7, 11) is 0. The Morgan fingerprint density at radius 2 is 2.10 bits per heavy atom. The van der Waals surface area contributed by atoms with Crippen LogP contribution in [0.5, 0.6) is 0 Å². The van der Waals surface area contributed by atoms with Crippen molar-refractivity contribution in [2.75, 3.05) is 25.1 Å². The number of carboxylic acids is 1. The van der Waals surface area contributed by atoms with Crippen LogP contribution in [-0.2, 0) is 4.74 Å². The van der Waals surface area contributed by atoms with Crippen molar-refractivity contribution in [1.82, 2.24) is 5.32 Å². The molecule has 3 N–H and O–H groups in total. The first-order chi connectivity index (χ1) is 9.90. The maximum Gasteiger partial charge on any atom is 0.335 e. The van der Waals surface area contributed by atoms with Crippen molar-refractivity contribution in [3.05, 3.63) is 28.2 Å². The molecule has 0 unspecified atom stereocenters. The number of carboxylic acid groups (broad SMARTS) is 1. The van der Waals surface area contributed by atoms with Crippen molar-refractivity contribution >= 4 is 33.6 Å². The smallest absolute Gasteiger partial charge is 0.335 e. The summed E-state index contributed by atoms with van der Waals surface area (Å²) >= 11 is 3.14. The predicted octanol–water partition coefficient (Wildman–Crippen LogP) is 2.55. The van der Waals surface area contributed by atoms with Crippen molar-refractivity contribution in [2.24, 2.45) is 0 Å². The second kappa shape index (κ2) is 8.53. The number of aromatic carboxylic acids is 1. The molecule has 0 atom stereocenters. The van der Waals surface area contributed by atoms with E-state index in [1.807, 2.05) is 0 Å². The summed E-state index contributed by atoms with van der Waals surface area (Å²) in [5.74, 6) is -1.08. The number of carbonyl (C=O) groups excluding carboxylic acids is 1. The number of nitrogens with one attached hydrogen (secondary N) is 2. The van der Waals surface area contributed by atoms with Crippen LogP contribution in [0.2, 0.25) is 0 Å². The molecule has 9 heteroatoms. The lowest BCUT2D eigenvalue weighted by molar-refractivity contribution is 0.0194. The second-order valence-electron chi connectivity index (χ2n) is 3.85. The first kappa shape index (κ1) is 17.3. The summed E-state index contributed by atoms with van der Waals surface area (Å²) in [6.07, 6.45) is -2.54. The molecule has 1 aromatic carbocycles. The molecule has 0 fully saturated rings. The maximum atomic E-state index is 11.8. The van der Waals surface area contributed by atoms with Gasteiger partial charge in [0.2, 0.25) is 0 Å². The van der Waals surface area contributed by atoms with Gasteiger partial charge in [-0.15, -0.1) is 0 Å². The van der Waals surface area contributed by atoms with E-state index in [2.05, 4.69) is 31.3 Å². The number of benzene rings is 1. The van der Waals surface area contributed by atoms with Crippen LogP contribution in [0.4, 0.5) is 19.3 Å². The Kier molecular flexibility index (Phi) is 7.03. The van der Waals surface area contributed by atoms with Gasteiger partial charge in [-0.2, -0.15) is 0 Å². The SMILES string of the molecule is O=C(NCCOCC(F)F)Nc1ccc(C(=O)O)cc1Br. The average molecular weight is 367 g/mol. The summed E-state index contributed by atoms with van der Waals surface area (Å²) in [4.78, 5) is 22.3. The number of hydrogen-bond donors (Lipinski definition) is 3. The molecule has 6 nitrogen and oxygen atoms in total. The molecule has 0 saturated heterocycles. The van der Waals surface area contributed by atoms with Crippen LogP contribution in [0.1, 0.15) is 10.4 Å². The molecule has 0 bridgehead atoms. The van der Waals surface area contributed by atoms with Gasteiger partial charge in [0.25, 0.3) is 6.43 Å². The zero-order valence-corrected chi connectivity index (χ0v) is 12.3. The Balaban J connectivity index is 2.39. The topological polar surface area (TPSA) is 87.7 Å².